The molecule has 92 valence electrons. The van der Waals surface area contributed by atoms with E-state index in [2.05, 4.69) is 11.1 Å². The van der Waals surface area contributed by atoms with Crippen LogP contribution in [0.4, 0.5) is 5.69 Å². The fourth-order valence-corrected chi connectivity index (χ4v) is 2.59. The Morgan fingerprint density at radius 2 is 1.78 bits per heavy atom. The van der Waals surface area contributed by atoms with Gasteiger partial charge in [-0.15, -0.1) is 0 Å². The molecular formula is C15H16NOP. The van der Waals surface area contributed by atoms with E-state index in [-0.39, 0.29) is 0 Å². The van der Waals surface area contributed by atoms with Crippen LogP contribution in [-0.4, -0.2) is 19.5 Å². The van der Waals surface area contributed by atoms with Crippen molar-refractivity contribution in [3.05, 3.63) is 54.6 Å². The fourth-order valence-electron chi connectivity index (χ4n) is 1.61. The van der Waals surface area contributed by atoms with Crippen molar-refractivity contribution < 1.29 is 4.74 Å². The summed E-state index contributed by atoms with van der Waals surface area (Å²) in [4.78, 5) is 4.42. The highest BCUT2D eigenvalue weighted by atomic mass is 31.1. The molecule has 0 N–H and O–H groups in total. The van der Waals surface area contributed by atoms with E-state index in [4.69, 9.17) is 4.74 Å². The molecule has 0 spiro atoms. The van der Waals surface area contributed by atoms with E-state index < -0.39 is 0 Å². The summed E-state index contributed by atoms with van der Waals surface area (Å²) >= 11 is 0. The predicted octanol–water partition coefficient (Wildman–Crippen LogP) is 3.40. The van der Waals surface area contributed by atoms with Crippen LogP contribution in [-0.2, 0) is 0 Å². The zero-order valence-corrected chi connectivity index (χ0v) is 11.3. The molecule has 0 radical (unpaired) electrons. The molecule has 0 aliphatic carbocycles. The summed E-state index contributed by atoms with van der Waals surface area (Å²) in [6.45, 7) is 0. The molecule has 0 aromatic heterocycles. The number of ether oxygens (including phenoxy) is 1. The van der Waals surface area contributed by atoms with Gasteiger partial charge < -0.3 is 4.74 Å². The molecule has 0 fully saturated rings. The first kappa shape index (κ1) is 12.8. The Hall–Kier alpha value is -1.66. The average molecular weight is 257 g/mol. The predicted molar refractivity (Wildman–Crippen MR) is 80.4 cm³/mol. The molecule has 0 aliphatic heterocycles. The zero-order valence-electron chi connectivity index (χ0n) is 10.3. The summed E-state index contributed by atoms with van der Waals surface area (Å²) in [5.41, 5.74) is 1.00. The second-order valence-corrected chi connectivity index (χ2v) is 5.03. The second-order valence-electron chi connectivity index (χ2n) is 3.73. The third-order valence-corrected chi connectivity index (χ3v) is 3.67. The van der Waals surface area contributed by atoms with Crippen molar-refractivity contribution in [2.75, 3.05) is 13.3 Å². The standard InChI is InChI=1S/C15H16NOP/c1-17-14-9-5-6-10-15(14)18-12-11-16-13-7-3-2-4-8-13/h2-11,18H,12H2,1H3. The summed E-state index contributed by atoms with van der Waals surface area (Å²) in [7, 11) is 2.40. The SMILES string of the molecule is COc1ccccc1PCC=Nc1ccccc1. The van der Waals surface area contributed by atoms with Gasteiger partial charge >= 0.3 is 0 Å². The molecule has 0 amide bonds. The quantitative estimate of drug-likeness (QED) is 0.594. The van der Waals surface area contributed by atoms with E-state index in [9.17, 15) is 0 Å². The van der Waals surface area contributed by atoms with Gasteiger partial charge in [0.15, 0.2) is 0 Å². The highest BCUT2D eigenvalue weighted by Gasteiger charge is 1.99. The molecule has 0 aliphatic rings. The first-order chi connectivity index (χ1) is 8.90. The van der Waals surface area contributed by atoms with Gasteiger partial charge in [0.1, 0.15) is 5.75 Å². The summed E-state index contributed by atoms with van der Waals surface area (Å²) < 4.78 is 5.32. The molecule has 0 heterocycles. The van der Waals surface area contributed by atoms with Crippen molar-refractivity contribution in [3.63, 3.8) is 0 Å². The van der Waals surface area contributed by atoms with Crippen molar-refractivity contribution in [1.29, 1.82) is 0 Å². The van der Waals surface area contributed by atoms with Crippen LogP contribution in [0.5, 0.6) is 5.75 Å². The molecule has 2 aromatic rings. The van der Waals surface area contributed by atoms with Crippen molar-refractivity contribution >= 4 is 25.8 Å². The maximum Gasteiger partial charge on any atom is 0.126 e. The maximum absolute atomic E-state index is 5.32. The Labute approximate surface area is 110 Å². The first-order valence-electron chi connectivity index (χ1n) is 5.84. The second kappa shape index (κ2) is 6.93. The molecule has 2 nitrogen and oxygen atoms in total. The van der Waals surface area contributed by atoms with Gasteiger partial charge in [0.2, 0.25) is 0 Å². The van der Waals surface area contributed by atoms with Crippen molar-refractivity contribution in [2.45, 2.75) is 0 Å². The maximum atomic E-state index is 5.32. The minimum atomic E-state index is 0.688. The van der Waals surface area contributed by atoms with Crippen LogP contribution in [0, 0.1) is 0 Å². The van der Waals surface area contributed by atoms with E-state index in [1.54, 1.807) is 7.11 Å². The molecule has 1 atom stereocenters. The molecule has 2 rings (SSSR count). The van der Waals surface area contributed by atoms with Crippen molar-refractivity contribution in [1.82, 2.24) is 0 Å². The van der Waals surface area contributed by atoms with Gasteiger partial charge in [-0.2, -0.15) is 0 Å². The Morgan fingerprint density at radius 1 is 1.06 bits per heavy atom. The lowest BCUT2D eigenvalue weighted by Crippen LogP contribution is -2.01. The van der Waals surface area contributed by atoms with Gasteiger partial charge in [0, 0.05) is 17.7 Å². The molecular weight excluding hydrogens is 241 g/mol. The lowest BCUT2D eigenvalue weighted by atomic mass is 10.3. The summed E-state index contributed by atoms with van der Waals surface area (Å²) in [5.74, 6) is 0.962. The number of nitrogens with zero attached hydrogens (tertiary/aromatic N) is 1. The highest BCUT2D eigenvalue weighted by molar-refractivity contribution is 7.48. The zero-order chi connectivity index (χ0) is 12.6. The van der Waals surface area contributed by atoms with Crippen LogP contribution < -0.4 is 10.0 Å². The minimum absolute atomic E-state index is 0.688. The van der Waals surface area contributed by atoms with Gasteiger partial charge in [-0.25, -0.2) is 0 Å². The van der Waals surface area contributed by atoms with E-state index in [1.807, 2.05) is 54.7 Å². The van der Waals surface area contributed by atoms with Crippen LogP contribution in [0.15, 0.2) is 59.6 Å². The Morgan fingerprint density at radius 3 is 2.56 bits per heavy atom. The topological polar surface area (TPSA) is 21.6 Å². The van der Waals surface area contributed by atoms with E-state index in [0.29, 0.717) is 8.58 Å². The van der Waals surface area contributed by atoms with Crippen LogP contribution in [0.25, 0.3) is 0 Å². The van der Waals surface area contributed by atoms with Crippen LogP contribution in [0.2, 0.25) is 0 Å². The monoisotopic (exact) mass is 257 g/mol. The number of rotatable bonds is 5. The molecule has 0 saturated heterocycles. The van der Waals surface area contributed by atoms with Gasteiger partial charge in [0.05, 0.1) is 12.8 Å². The first-order valence-corrected chi connectivity index (χ1v) is 7.05. The Kier molecular flexibility index (Phi) is 4.92. The van der Waals surface area contributed by atoms with Crippen molar-refractivity contribution in [3.8, 4) is 5.75 Å². The van der Waals surface area contributed by atoms with Gasteiger partial charge in [-0.1, -0.05) is 45.0 Å². The molecule has 0 saturated carbocycles. The van der Waals surface area contributed by atoms with Crippen LogP contribution in [0.1, 0.15) is 0 Å². The molecule has 18 heavy (non-hydrogen) atoms. The van der Waals surface area contributed by atoms with E-state index >= 15 is 0 Å². The Bertz CT molecular complexity index is 511. The Balaban J connectivity index is 1.91. The number of para-hydroxylation sites is 2. The number of benzene rings is 2. The molecule has 0 bridgehead atoms. The number of aliphatic imine (C=N–C) groups is 1. The molecule has 3 heteroatoms. The summed E-state index contributed by atoms with van der Waals surface area (Å²) in [5, 5.41) is 1.25. The number of hydrogen-bond acceptors (Lipinski definition) is 2. The third kappa shape index (κ3) is 3.68. The third-order valence-electron chi connectivity index (χ3n) is 2.49. The lowest BCUT2D eigenvalue weighted by Gasteiger charge is -2.05. The van der Waals surface area contributed by atoms with E-state index in [0.717, 1.165) is 17.6 Å². The normalized spacial score (nSPS) is 11.4. The number of hydrogen-bond donors (Lipinski definition) is 0. The van der Waals surface area contributed by atoms with Crippen LogP contribution in [0.3, 0.4) is 0 Å². The summed E-state index contributed by atoms with van der Waals surface area (Å²) in [6.07, 6.45) is 2.91. The fraction of sp³-hybridized carbons (Fsp3) is 0.133. The molecule has 2 aromatic carbocycles. The minimum Gasteiger partial charge on any atom is -0.496 e. The van der Waals surface area contributed by atoms with Crippen molar-refractivity contribution in [2.24, 2.45) is 4.99 Å². The van der Waals surface area contributed by atoms with Crippen LogP contribution >= 0.6 is 8.58 Å². The van der Waals surface area contributed by atoms with E-state index in [1.165, 1.54) is 5.30 Å². The highest BCUT2D eigenvalue weighted by Crippen LogP contribution is 2.18. The number of methoxy groups -OCH3 is 1. The van der Waals surface area contributed by atoms with Gasteiger partial charge in [-0.3, -0.25) is 4.99 Å². The average Bonchev–Trinajstić information content (AvgIpc) is 2.45. The largest absolute Gasteiger partial charge is 0.496 e. The van der Waals surface area contributed by atoms with Gasteiger partial charge in [-0.05, 0) is 18.2 Å². The molecule has 1 unspecified atom stereocenters. The lowest BCUT2D eigenvalue weighted by molar-refractivity contribution is 0.418. The summed E-state index contributed by atoms with van der Waals surface area (Å²) in [6, 6.07) is 18.1. The van der Waals surface area contributed by atoms with Gasteiger partial charge in [0.25, 0.3) is 0 Å². The smallest absolute Gasteiger partial charge is 0.126 e.